The number of hydrogen-bond donors (Lipinski definition) is 1. The molecule has 3 aromatic rings. The third-order valence-corrected chi connectivity index (χ3v) is 5.78. The number of hydrogen-bond acceptors (Lipinski definition) is 8. The molecule has 0 radical (unpaired) electrons. The SMILES string of the molecule is CCCCSc1nnc2c(n1)OC(c1ccc(Cl)c([N+](=O)[O-])c1)Nc1ccccc1-2. The van der Waals surface area contributed by atoms with E-state index in [4.69, 9.17) is 16.3 Å². The van der Waals surface area contributed by atoms with Crippen LogP contribution >= 0.6 is 23.4 Å². The second-order valence-corrected chi connectivity index (χ2v) is 8.08. The zero-order chi connectivity index (χ0) is 21.1. The van der Waals surface area contributed by atoms with Crippen molar-refractivity contribution in [2.75, 3.05) is 11.1 Å². The van der Waals surface area contributed by atoms with Crippen molar-refractivity contribution in [3.63, 3.8) is 0 Å². The molecule has 0 saturated carbocycles. The molecule has 10 heteroatoms. The zero-order valence-electron chi connectivity index (χ0n) is 16.0. The van der Waals surface area contributed by atoms with Crippen molar-refractivity contribution in [3.8, 4) is 17.1 Å². The van der Waals surface area contributed by atoms with Gasteiger partial charge in [0.1, 0.15) is 5.02 Å². The van der Waals surface area contributed by atoms with E-state index in [1.807, 2.05) is 24.3 Å². The van der Waals surface area contributed by atoms with Gasteiger partial charge in [-0.1, -0.05) is 61.0 Å². The highest BCUT2D eigenvalue weighted by molar-refractivity contribution is 7.99. The summed E-state index contributed by atoms with van der Waals surface area (Å²) in [5.74, 6) is 1.21. The van der Waals surface area contributed by atoms with Crippen LogP contribution in [0, 0.1) is 10.1 Å². The van der Waals surface area contributed by atoms with Crippen molar-refractivity contribution in [3.05, 3.63) is 63.2 Å². The standard InChI is InChI=1S/C20H18ClN5O3S/c1-2-3-10-30-20-23-19-17(24-25-20)13-6-4-5-7-15(13)22-18(29-19)12-8-9-14(21)16(11-12)26(27)28/h4-9,11,18,22H,2-3,10H2,1H3. The predicted octanol–water partition coefficient (Wildman–Crippen LogP) is 5.50. The monoisotopic (exact) mass is 443 g/mol. The normalized spacial score (nSPS) is 14.7. The average Bonchev–Trinajstić information content (AvgIpc) is 2.90. The van der Waals surface area contributed by atoms with E-state index in [0.717, 1.165) is 29.8 Å². The van der Waals surface area contributed by atoms with E-state index in [1.54, 1.807) is 6.07 Å². The van der Waals surface area contributed by atoms with Gasteiger partial charge in [-0.2, -0.15) is 4.98 Å². The number of para-hydroxylation sites is 1. The van der Waals surface area contributed by atoms with Crippen molar-refractivity contribution < 1.29 is 9.66 Å². The summed E-state index contributed by atoms with van der Waals surface area (Å²) in [5.41, 5.74) is 2.44. The molecular weight excluding hydrogens is 426 g/mol. The number of nitro groups is 1. The molecule has 0 saturated heterocycles. The molecule has 30 heavy (non-hydrogen) atoms. The van der Waals surface area contributed by atoms with Crippen LogP contribution < -0.4 is 10.1 Å². The molecule has 0 aliphatic carbocycles. The molecule has 8 nitrogen and oxygen atoms in total. The molecular formula is C20H18ClN5O3S. The first-order valence-corrected chi connectivity index (χ1v) is 10.8. The summed E-state index contributed by atoms with van der Waals surface area (Å²) in [6, 6.07) is 12.1. The Morgan fingerprint density at radius 2 is 2.10 bits per heavy atom. The Kier molecular flexibility index (Phi) is 6.01. The minimum Gasteiger partial charge on any atom is -0.448 e. The molecule has 4 rings (SSSR count). The first-order chi connectivity index (χ1) is 14.6. The largest absolute Gasteiger partial charge is 0.448 e. The predicted molar refractivity (Wildman–Crippen MR) is 116 cm³/mol. The Morgan fingerprint density at radius 3 is 2.90 bits per heavy atom. The van der Waals surface area contributed by atoms with Crippen LogP contribution in [0.1, 0.15) is 31.6 Å². The summed E-state index contributed by atoms with van der Waals surface area (Å²) in [6.45, 7) is 2.12. The number of ether oxygens (including phenoxy) is 1. The molecule has 1 aliphatic rings. The maximum Gasteiger partial charge on any atom is 0.288 e. The number of halogens is 1. The van der Waals surface area contributed by atoms with E-state index in [9.17, 15) is 10.1 Å². The minimum atomic E-state index is -0.714. The van der Waals surface area contributed by atoms with Gasteiger partial charge < -0.3 is 10.1 Å². The number of nitrogens with one attached hydrogen (secondary N) is 1. The van der Waals surface area contributed by atoms with Gasteiger partial charge in [0.05, 0.1) is 4.92 Å². The van der Waals surface area contributed by atoms with E-state index in [0.29, 0.717) is 22.3 Å². The van der Waals surface area contributed by atoms with Crippen LogP contribution in [0.5, 0.6) is 5.88 Å². The lowest BCUT2D eigenvalue weighted by Gasteiger charge is -2.19. The number of aromatic nitrogens is 3. The molecule has 1 atom stereocenters. The van der Waals surface area contributed by atoms with Gasteiger partial charge in [0.25, 0.3) is 5.69 Å². The molecule has 2 aromatic carbocycles. The van der Waals surface area contributed by atoms with Gasteiger partial charge in [0, 0.05) is 28.6 Å². The smallest absolute Gasteiger partial charge is 0.288 e. The van der Waals surface area contributed by atoms with Crippen LogP contribution in [0.3, 0.4) is 0 Å². The third kappa shape index (κ3) is 4.17. The quantitative estimate of drug-likeness (QED) is 0.230. The number of nitrogens with zero attached hydrogens (tertiary/aromatic N) is 4. The van der Waals surface area contributed by atoms with Crippen LogP contribution in [-0.2, 0) is 0 Å². The summed E-state index contributed by atoms with van der Waals surface area (Å²) >= 11 is 7.49. The number of fused-ring (bicyclic) bond motifs is 3. The Balaban J connectivity index is 1.76. The highest BCUT2D eigenvalue weighted by Gasteiger charge is 2.27. The van der Waals surface area contributed by atoms with E-state index in [1.165, 1.54) is 23.9 Å². The maximum atomic E-state index is 11.3. The molecule has 1 aromatic heterocycles. The summed E-state index contributed by atoms with van der Waals surface area (Å²) in [5, 5.41) is 23.8. The molecule has 1 aliphatic heterocycles. The summed E-state index contributed by atoms with van der Waals surface area (Å²) in [4.78, 5) is 15.4. The Hall–Kier alpha value is -2.91. The van der Waals surface area contributed by atoms with Crippen molar-refractivity contribution in [1.82, 2.24) is 15.2 Å². The number of thioether (sulfide) groups is 1. The van der Waals surface area contributed by atoms with Gasteiger partial charge in [-0.3, -0.25) is 10.1 Å². The molecule has 1 unspecified atom stereocenters. The third-order valence-electron chi connectivity index (χ3n) is 4.53. The second kappa shape index (κ2) is 8.85. The highest BCUT2D eigenvalue weighted by atomic mass is 35.5. The lowest BCUT2D eigenvalue weighted by molar-refractivity contribution is -0.384. The number of rotatable bonds is 6. The summed E-state index contributed by atoms with van der Waals surface area (Å²) in [6.07, 6.45) is 1.41. The highest BCUT2D eigenvalue weighted by Crippen LogP contribution is 2.40. The van der Waals surface area contributed by atoms with Gasteiger partial charge in [-0.05, 0) is 18.6 Å². The fourth-order valence-electron chi connectivity index (χ4n) is 3.00. The molecule has 1 N–H and O–H groups in total. The number of nitro benzene ring substituents is 1. The van der Waals surface area contributed by atoms with E-state index >= 15 is 0 Å². The molecule has 154 valence electrons. The fourth-order valence-corrected chi connectivity index (χ4v) is 4.05. The Labute approximate surface area is 182 Å². The van der Waals surface area contributed by atoms with Crippen LogP contribution in [0.4, 0.5) is 11.4 Å². The molecule has 0 amide bonds. The molecule has 0 bridgehead atoms. The van der Waals surface area contributed by atoms with Gasteiger partial charge >= 0.3 is 0 Å². The number of unbranched alkanes of at least 4 members (excludes halogenated alkanes) is 1. The average molecular weight is 444 g/mol. The molecule has 0 spiro atoms. The fraction of sp³-hybridized carbons (Fsp3) is 0.250. The summed E-state index contributed by atoms with van der Waals surface area (Å²) in [7, 11) is 0. The second-order valence-electron chi connectivity index (χ2n) is 6.61. The van der Waals surface area contributed by atoms with Crippen molar-refractivity contribution in [2.24, 2.45) is 0 Å². The lowest BCUT2D eigenvalue weighted by atomic mass is 10.1. The van der Waals surface area contributed by atoms with Gasteiger partial charge in [0.15, 0.2) is 11.9 Å². The van der Waals surface area contributed by atoms with Crippen LogP contribution in [0.25, 0.3) is 11.3 Å². The number of benzene rings is 2. The van der Waals surface area contributed by atoms with Gasteiger partial charge in [-0.25, -0.2) is 0 Å². The van der Waals surface area contributed by atoms with Crippen LogP contribution in [-0.4, -0.2) is 25.9 Å². The van der Waals surface area contributed by atoms with E-state index in [2.05, 4.69) is 27.4 Å². The zero-order valence-corrected chi connectivity index (χ0v) is 17.6. The number of anilines is 1. The van der Waals surface area contributed by atoms with Crippen LogP contribution in [0.15, 0.2) is 47.6 Å². The first-order valence-electron chi connectivity index (χ1n) is 9.40. The lowest BCUT2D eigenvalue weighted by Crippen LogP contribution is -2.17. The van der Waals surface area contributed by atoms with Gasteiger partial charge in [-0.15, -0.1) is 10.2 Å². The van der Waals surface area contributed by atoms with Crippen molar-refractivity contribution in [1.29, 1.82) is 0 Å². The molecule has 0 fully saturated rings. The van der Waals surface area contributed by atoms with Gasteiger partial charge in [0.2, 0.25) is 11.0 Å². The molecule has 2 heterocycles. The van der Waals surface area contributed by atoms with E-state index < -0.39 is 11.2 Å². The summed E-state index contributed by atoms with van der Waals surface area (Å²) < 4.78 is 6.14. The topological polar surface area (TPSA) is 103 Å². The van der Waals surface area contributed by atoms with Crippen LogP contribution in [0.2, 0.25) is 5.02 Å². The van der Waals surface area contributed by atoms with Crippen molar-refractivity contribution in [2.45, 2.75) is 31.1 Å². The first kappa shape index (κ1) is 20.4. The Morgan fingerprint density at radius 1 is 1.27 bits per heavy atom. The minimum absolute atomic E-state index is 0.0665. The maximum absolute atomic E-state index is 11.3. The Bertz CT molecular complexity index is 1100. The van der Waals surface area contributed by atoms with E-state index in [-0.39, 0.29) is 10.7 Å². The van der Waals surface area contributed by atoms with Crippen molar-refractivity contribution >= 4 is 34.7 Å².